The SMILES string of the molecule is COCC/C(=N/NC(=O)CCC(=O)c1ccc(OC)c(OC)c1)c1csc2c(F)cccc12. The van der Waals surface area contributed by atoms with Gasteiger partial charge in [0.05, 0.1) is 31.2 Å². The minimum atomic E-state index is -0.399. The van der Waals surface area contributed by atoms with Gasteiger partial charge in [-0.15, -0.1) is 11.3 Å². The number of amides is 1. The predicted octanol–water partition coefficient (Wildman–Crippen LogP) is 4.58. The molecule has 0 fully saturated rings. The van der Waals surface area contributed by atoms with E-state index < -0.39 is 5.91 Å². The first-order valence-corrected chi connectivity index (χ1v) is 11.1. The molecule has 0 spiro atoms. The van der Waals surface area contributed by atoms with Gasteiger partial charge in [-0.2, -0.15) is 5.10 Å². The van der Waals surface area contributed by atoms with Crippen molar-refractivity contribution >= 4 is 38.8 Å². The third kappa shape index (κ3) is 5.94. The van der Waals surface area contributed by atoms with Crippen LogP contribution in [-0.4, -0.2) is 45.3 Å². The molecule has 1 aromatic heterocycles. The van der Waals surface area contributed by atoms with Gasteiger partial charge >= 0.3 is 0 Å². The van der Waals surface area contributed by atoms with Gasteiger partial charge in [0.15, 0.2) is 17.3 Å². The second-order valence-corrected chi connectivity index (χ2v) is 7.97. The molecule has 3 rings (SSSR count). The fourth-order valence-corrected chi connectivity index (χ4v) is 4.25. The quantitative estimate of drug-likeness (QED) is 0.251. The van der Waals surface area contributed by atoms with Gasteiger partial charge < -0.3 is 14.2 Å². The lowest BCUT2D eigenvalue weighted by atomic mass is 10.1. The maximum Gasteiger partial charge on any atom is 0.240 e. The highest BCUT2D eigenvalue weighted by molar-refractivity contribution is 7.17. The Morgan fingerprint density at radius 1 is 1.03 bits per heavy atom. The number of rotatable bonds is 11. The van der Waals surface area contributed by atoms with Crippen LogP contribution >= 0.6 is 11.3 Å². The summed E-state index contributed by atoms with van der Waals surface area (Å²) in [5.41, 5.74) is 4.26. The van der Waals surface area contributed by atoms with Crippen molar-refractivity contribution in [1.29, 1.82) is 0 Å². The largest absolute Gasteiger partial charge is 0.493 e. The Hall–Kier alpha value is -3.30. The molecule has 0 radical (unpaired) electrons. The second kappa shape index (κ2) is 11.5. The number of hydrogen-bond acceptors (Lipinski definition) is 7. The molecule has 33 heavy (non-hydrogen) atoms. The van der Waals surface area contributed by atoms with Crippen molar-refractivity contribution in [3.63, 3.8) is 0 Å². The van der Waals surface area contributed by atoms with Gasteiger partial charge in [-0.3, -0.25) is 9.59 Å². The van der Waals surface area contributed by atoms with Gasteiger partial charge in [0.2, 0.25) is 5.91 Å². The van der Waals surface area contributed by atoms with Crippen molar-refractivity contribution in [3.05, 3.63) is 58.7 Å². The number of carbonyl (C=O) groups excluding carboxylic acids is 2. The summed E-state index contributed by atoms with van der Waals surface area (Å²) in [4.78, 5) is 24.9. The Bertz CT molecular complexity index is 1170. The third-order valence-electron chi connectivity index (χ3n) is 5.01. The number of benzene rings is 2. The summed E-state index contributed by atoms with van der Waals surface area (Å²) < 4.78 is 30.1. The molecule has 0 atom stereocenters. The monoisotopic (exact) mass is 472 g/mol. The molecule has 0 saturated heterocycles. The smallest absolute Gasteiger partial charge is 0.240 e. The molecule has 3 aromatic rings. The van der Waals surface area contributed by atoms with E-state index in [0.29, 0.717) is 40.5 Å². The van der Waals surface area contributed by atoms with Crippen LogP contribution in [-0.2, 0) is 9.53 Å². The standard InChI is InChI=1S/C24H25FN2O5S/c1-30-12-11-19(17-14-33-24-16(17)5-4-6-18(24)25)26-27-23(29)10-8-20(28)15-7-9-21(31-2)22(13-15)32-3/h4-7,9,13-14H,8,10-12H2,1-3H3,(H,27,29)/b26-19-. The van der Waals surface area contributed by atoms with Crippen molar-refractivity contribution in [2.45, 2.75) is 19.3 Å². The van der Waals surface area contributed by atoms with Gasteiger partial charge in [0.1, 0.15) is 5.82 Å². The summed E-state index contributed by atoms with van der Waals surface area (Å²) in [6, 6.07) is 9.72. The van der Waals surface area contributed by atoms with Crippen molar-refractivity contribution in [3.8, 4) is 11.5 Å². The number of fused-ring (bicyclic) bond motifs is 1. The van der Waals surface area contributed by atoms with Crippen LogP contribution in [0.4, 0.5) is 4.39 Å². The fraction of sp³-hybridized carbons (Fsp3) is 0.292. The van der Waals surface area contributed by atoms with E-state index >= 15 is 0 Å². The lowest BCUT2D eigenvalue weighted by Gasteiger charge is -2.09. The number of nitrogens with one attached hydrogen (secondary N) is 1. The maximum atomic E-state index is 14.1. The number of carbonyl (C=O) groups is 2. The van der Waals surface area contributed by atoms with Crippen molar-refractivity contribution < 1.29 is 28.2 Å². The first kappa shape index (κ1) is 24.3. The molecule has 0 bridgehead atoms. The lowest BCUT2D eigenvalue weighted by molar-refractivity contribution is -0.121. The summed E-state index contributed by atoms with van der Waals surface area (Å²) in [5, 5.41) is 6.80. The zero-order chi connectivity index (χ0) is 23.8. The van der Waals surface area contributed by atoms with Crippen molar-refractivity contribution in [2.75, 3.05) is 27.9 Å². The average molecular weight is 473 g/mol. The van der Waals surface area contributed by atoms with Gasteiger partial charge in [-0.1, -0.05) is 12.1 Å². The summed E-state index contributed by atoms with van der Waals surface area (Å²) in [5.74, 6) is 0.0659. The normalized spacial score (nSPS) is 11.5. The van der Waals surface area contributed by atoms with E-state index in [2.05, 4.69) is 10.5 Å². The van der Waals surface area contributed by atoms with E-state index in [1.807, 2.05) is 11.4 Å². The molecule has 0 aliphatic rings. The number of halogens is 1. The van der Waals surface area contributed by atoms with Gasteiger partial charge in [-0.05, 0) is 24.3 Å². The molecule has 174 valence electrons. The van der Waals surface area contributed by atoms with Gasteiger partial charge in [-0.25, -0.2) is 9.82 Å². The highest BCUT2D eigenvalue weighted by atomic mass is 32.1. The number of hydrogen-bond donors (Lipinski definition) is 1. The zero-order valence-electron chi connectivity index (χ0n) is 18.6. The summed E-state index contributed by atoms with van der Waals surface area (Å²) in [6.07, 6.45) is 0.410. The summed E-state index contributed by atoms with van der Waals surface area (Å²) in [7, 11) is 4.58. The van der Waals surface area contributed by atoms with Crippen molar-refractivity contribution in [2.24, 2.45) is 5.10 Å². The van der Waals surface area contributed by atoms with E-state index in [-0.39, 0.29) is 24.4 Å². The Balaban J connectivity index is 1.67. The second-order valence-electron chi connectivity index (χ2n) is 7.10. The number of ketones is 1. The lowest BCUT2D eigenvalue weighted by Crippen LogP contribution is -2.21. The van der Waals surface area contributed by atoms with Crippen LogP contribution in [0.2, 0.25) is 0 Å². The number of thiophene rings is 1. The van der Waals surface area contributed by atoms with E-state index in [1.54, 1.807) is 31.4 Å². The van der Waals surface area contributed by atoms with Gasteiger partial charge in [0, 0.05) is 48.3 Å². The minimum absolute atomic E-state index is 0.0107. The van der Waals surface area contributed by atoms with E-state index in [1.165, 1.54) is 31.6 Å². The molecule has 0 aliphatic heterocycles. The molecule has 1 N–H and O–H groups in total. The minimum Gasteiger partial charge on any atom is -0.493 e. The number of methoxy groups -OCH3 is 3. The highest BCUT2D eigenvalue weighted by Crippen LogP contribution is 2.30. The molecule has 1 heterocycles. The molecule has 2 aromatic carbocycles. The van der Waals surface area contributed by atoms with Crippen LogP contribution in [0, 0.1) is 5.82 Å². The van der Waals surface area contributed by atoms with Crippen LogP contribution in [0.25, 0.3) is 10.1 Å². The zero-order valence-corrected chi connectivity index (χ0v) is 19.5. The Labute approximate surface area is 195 Å². The molecule has 0 saturated carbocycles. The molecule has 9 heteroatoms. The molecule has 1 amide bonds. The van der Waals surface area contributed by atoms with E-state index in [9.17, 15) is 14.0 Å². The number of ether oxygens (including phenoxy) is 3. The van der Waals surface area contributed by atoms with Crippen molar-refractivity contribution in [1.82, 2.24) is 5.43 Å². The van der Waals surface area contributed by atoms with Crippen LogP contribution in [0.5, 0.6) is 11.5 Å². The third-order valence-corrected chi connectivity index (χ3v) is 6.01. The Morgan fingerprint density at radius 3 is 2.55 bits per heavy atom. The van der Waals surface area contributed by atoms with Crippen LogP contribution < -0.4 is 14.9 Å². The Morgan fingerprint density at radius 2 is 1.82 bits per heavy atom. The van der Waals surface area contributed by atoms with Crippen LogP contribution in [0.1, 0.15) is 35.2 Å². The Kier molecular flexibility index (Phi) is 8.51. The average Bonchev–Trinajstić information content (AvgIpc) is 3.27. The summed E-state index contributed by atoms with van der Waals surface area (Å²) >= 11 is 1.28. The first-order valence-electron chi connectivity index (χ1n) is 10.2. The predicted molar refractivity (Wildman–Crippen MR) is 126 cm³/mol. The van der Waals surface area contributed by atoms with E-state index in [4.69, 9.17) is 14.2 Å². The number of Topliss-reactive ketones (excluding diaryl/α,β-unsaturated/α-hetero) is 1. The number of hydrazone groups is 1. The first-order chi connectivity index (χ1) is 16.0. The maximum absolute atomic E-state index is 14.1. The fourth-order valence-electron chi connectivity index (χ4n) is 3.26. The molecule has 7 nitrogen and oxygen atoms in total. The summed E-state index contributed by atoms with van der Waals surface area (Å²) in [6.45, 7) is 0.388. The van der Waals surface area contributed by atoms with Gasteiger partial charge in [0.25, 0.3) is 0 Å². The molecular weight excluding hydrogens is 447 g/mol. The highest BCUT2D eigenvalue weighted by Gasteiger charge is 2.15. The van der Waals surface area contributed by atoms with E-state index in [0.717, 1.165) is 10.9 Å². The molecular formula is C24H25FN2O5S. The molecule has 0 unspecified atom stereocenters. The topological polar surface area (TPSA) is 86.2 Å². The van der Waals surface area contributed by atoms with Crippen LogP contribution in [0.3, 0.4) is 0 Å². The number of nitrogens with zero attached hydrogens (tertiary/aromatic N) is 1. The van der Waals surface area contributed by atoms with Crippen LogP contribution in [0.15, 0.2) is 46.9 Å². The molecule has 0 aliphatic carbocycles.